The summed E-state index contributed by atoms with van der Waals surface area (Å²) in [6, 6.07) is 15.9. The minimum Gasteiger partial charge on any atom is -0.508 e. The number of halogens is 2. The van der Waals surface area contributed by atoms with Gasteiger partial charge in [0.2, 0.25) is 0 Å². The van der Waals surface area contributed by atoms with E-state index in [0.29, 0.717) is 25.1 Å². The summed E-state index contributed by atoms with van der Waals surface area (Å²) in [4.78, 5) is 17.3. The van der Waals surface area contributed by atoms with Gasteiger partial charge in [-0.3, -0.25) is 4.90 Å². The van der Waals surface area contributed by atoms with Gasteiger partial charge in [0.1, 0.15) is 5.75 Å². The van der Waals surface area contributed by atoms with Crippen LogP contribution in [0.25, 0.3) is 0 Å². The van der Waals surface area contributed by atoms with Crippen molar-refractivity contribution in [3.8, 4) is 5.75 Å². The summed E-state index contributed by atoms with van der Waals surface area (Å²) in [7, 11) is 1.76. The highest BCUT2D eigenvalue weighted by molar-refractivity contribution is 5.90. The quantitative estimate of drug-likeness (QED) is 0.413. The molecule has 1 aliphatic heterocycles. The standard InChI is InChI=1S/C29H30F2N4O2/c1-29-12-13-35(17-20-4-3-5-24(30)26(20)31)25(14-19-8-11-22(36)15-23(19)29)27(29)34(2)28(37)33-21-9-6-18(16-32)7-10-21/h3-11,15-16,25,27,32,36H,12-14,17H2,1-2H3,(H,33,37)/t25?,27-,29+/m0/s1. The molecule has 0 spiro atoms. The third-order valence-electron chi connectivity index (χ3n) is 8.01. The maximum atomic E-state index is 14.6. The van der Waals surface area contributed by atoms with E-state index >= 15 is 0 Å². The summed E-state index contributed by atoms with van der Waals surface area (Å²) in [5, 5.41) is 20.6. The molecule has 8 heteroatoms. The zero-order valence-electron chi connectivity index (χ0n) is 20.8. The van der Waals surface area contributed by atoms with E-state index < -0.39 is 17.0 Å². The molecule has 37 heavy (non-hydrogen) atoms. The maximum Gasteiger partial charge on any atom is 0.321 e. The smallest absolute Gasteiger partial charge is 0.321 e. The Morgan fingerprint density at radius 1 is 1.22 bits per heavy atom. The van der Waals surface area contributed by atoms with E-state index in [1.165, 1.54) is 12.3 Å². The first kappa shape index (κ1) is 24.9. The summed E-state index contributed by atoms with van der Waals surface area (Å²) in [5.41, 5.74) is 3.28. The Labute approximate surface area is 215 Å². The van der Waals surface area contributed by atoms with Crippen molar-refractivity contribution < 1.29 is 18.7 Å². The van der Waals surface area contributed by atoms with Gasteiger partial charge in [-0.05, 0) is 66.4 Å². The number of piperidine rings is 1. The van der Waals surface area contributed by atoms with Crippen LogP contribution in [-0.4, -0.2) is 52.8 Å². The van der Waals surface area contributed by atoms with Gasteiger partial charge in [0.15, 0.2) is 11.6 Å². The highest BCUT2D eigenvalue weighted by Crippen LogP contribution is 2.48. The van der Waals surface area contributed by atoms with E-state index in [0.717, 1.165) is 22.8 Å². The molecule has 3 aromatic carbocycles. The molecule has 1 unspecified atom stereocenters. The van der Waals surface area contributed by atoms with E-state index in [1.54, 1.807) is 54.4 Å². The van der Waals surface area contributed by atoms with Gasteiger partial charge >= 0.3 is 6.03 Å². The molecule has 192 valence electrons. The zero-order valence-corrected chi connectivity index (χ0v) is 20.8. The number of nitrogens with zero attached hydrogens (tertiary/aromatic N) is 2. The van der Waals surface area contributed by atoms with Crippen molar-refractivity contribution in [3.63, 3.8) is 0 Å². The highest BCUT2D eigenvalue weighted by atomic mass is 19.2. The first-order valence-corrected chi connectivity index (χ1v) is 12.3. The summed E-state index contributed by atoms with van der Waals surface area (Å²) in [6.07, 6.45) is 2.52. The molecular formula is C29H30F2N4O2. The Kier molecular flexibility index (Phi) is 6.45. The number of amides is 2. The second kappa shape index (κ2) is 9.59. The number of carbonyl (C=O) groups excluding carboxylic acids is 1. The van der Waals surface area contributed by atoms with Crippen LogP contribution in [0.4, 0.5) is 19.3 Å². The number of hydrogen-bond acceptors (Lipinski definition) is 4. The molecule has 1 fully saturated rings. The van der Waals surface area contributed by atoms with Crippen LogP contribution >= 0.6 is 0 Å². The van der Waals surface area contributed by atoms with Crippen molar-refractivity contribution in [1.82, 2.24) is 9.80 Å². The van der Waals surface area contributed by atoms with Crippen molar-refractivity contribution >= 4 is 17.9 Å². The predicted molar refractivity (Wildman–Crippen MR) is 139 cm³/mol. The molecule has 0 aromatic heterocycles. The van der Waals surface area contributed by atoms with Crippen LogP contribution in [-0.2, 0) is 18.4 Å². The van der Waals surface area contributed by atoms with Gasteiger partial charge in [-0.15, -0.1) is 0 Å². The summed E-state index contributed by atoms with van der Waals surface area (Å²) in [6.45, 7) is 2.99. The van der Waals surface area contributed by atoms with Crippen molar-refractivity contribution in [2.75, 3.05) is 18.9 Å². The fourth-order valence-electron chi connectivity index (χ4n) is 6.12. The lowest BCUT2D eigenvalue weighted by Crippen LogP contribution is -2.68. The fourth-order valence-corrected chi connectivity index (χ4v) is 6.12. The normalized spacial score (nSPS) is 22.7. The highest BCUT2D eigenvalue weighted by Gasteiger charge is 2.53. The molecule has 6 nitrogen and oxygen atoms in total. The van der Waals surface area contributed by atoms with Gasteiger partial charge < -0.3 is 20.7 Å². The lowest BCUT2D eigenvalue weighted by molar-refractivity contribution is 0.00182. The van der Waals surface area contributed by atoms with E-state index in [1.807, 2.05) is 6.07 Å². The Morgan fingerprint density at radius 2 is 1.97 bits per heavy atom. The Bertz CT molecular complexity index is 1350. The molecule has 1 saturated heterocycles. The fraction of sp³-hybridized carbons (Fsp3) is 0.310. The van der Waals surface area contributed by atoms with Gasteiger partial charge in [-0.2, -0.15) is 0 Å². The number of anilines is 1. The molecular weight excluding hydrogens is 474 g/mol. The average molecular weight is 505 g/mol. The molecule has 3 N–H and O–H groups in total. The number of phenolic OH excluding ortho intramolecular Hbond substituents is 1. The lowest BCUT2D eigenvalue weighted by atomic mass is 9.61. The van der Waals surface area contributed by atoms with Crippen molar-refractivity contribution in [2.45, 2.75) is 43.8 Å². The summed E-state index contributed by atoms with van der Waals surface area (Å²) >= 11 is 0. The maximum absolute atomic E-state index is 14.6. The second-order valence-corrected chi connectivity index (χ2v) is 10.2. The molecule has 3 aromatic rings. The van der Waals surface area contributed by atoms with Crippen LogP contribution in [0.5, 0.6) is 5.75 Å². The molecule has 2 bridgehead atoms. The molecule has 1 heterocycles. The lowest BCUT2D eigenvalue weighted by Gasteiger charge is -2.57. The van der Waals surface area contributed by atoms with Crippen LogP contribution in [0.3, 0.4) is 0 Å². The number of likely N-dealkylation sites (tertiary alicyclic amines) is 1. The van der Waals surface area contributed by atoms with Crippen LogP contribution < -0.4 is 5.32 Å². The number of phenols is 1. The van der Waals surface area contributed by atoms with Crippen LogP contribution in [0.2, 0.25) is 0 Å². The molecule has 2 amide bonds. The predicted octanol–water partition coefficient (Wildman–Crippen LogP) is 5.29. The first-order valence-electron chi connectivity index (χ1n) is 12.3. The minimum atomic E-state index is -0.870. The van der Waals surface area contributed by atoms with E-state index in [-0.39, 0.29) is 36.0 Å². The third-order valence-corrected chi connectivity index (χ3v) is 8.01. The number of likely N-dealkylation sites (N-methyl/N-ethyl adjacent to an activating group) is 1. The number of hydrogen-bond donors (Lipinski definition) is 3. The van der Waals surface area contributed by atoms with Crippen LogP contribution in [0.15, 0.2) is 60.7 Å². The Hall–Kier alpha value is -3.78. The van der Waals surface area contributed by atoms with Crippen LogP contribution in [0, 0.1) is 17.0 Å². The number of aromatic hydroxyl groups is 1. The minimum absolute atomic E-state index is 0.144. The first-order chi connectivity index (χ1) is 17.7. The molecule has 3 atom stereocenters. The second-order valence-electron chi connectivity index (χ2n) is 10.2. The number of benzene rings is 3. The monoisotopic (exact) mass is 504 g/mol. The number of fused-ring (bicyclic) bond motifs is 4. The Morgan fingerprint density at radius 3 is 2.70 bits per heavy atom. The van der Waals surface area contributed by atoms with Gasteiger partial charge in [0.25, 0.3) is 0 Å². The molecule has 2 aliphatic rings. The van der Waals surface area contributed by atoms with Crippen molar-refractivity contribution in [2.24, 2.45) is 0 Å². The summed E-state index contributed by atoms with van der Waals surface area (Å²) in [5.74, 6) is -1.53. The zero-order chi connectivity index (χ0) is 26.3. The van der Waals surface area contributed by atoms with E-state index in [2.05, 4.69) is 17.1 Å². The summed E-state index contributed by atoms with van der Waals surface area (Å²) < 4.78 is 28.6. The van der Waals surface area contributed by atoms with E-state index in [9.17, 15) is 18.7 Å². The van der Waals surface area contributed by atoms with Crippen molar-refractivity contribution in [3.05, 3.63) is 94.6 Å². The number of rotatable bonds is 5. The molecule has 0 saturated carbocycles. The number of carbonyl (C=O) groups is 1. The molecule has 5 rings (SSSR count). The third kappa shape index (κ3) is 4.46. The SMILES string of the molecule is CN(C(=O)Nc1ccc(C=N)cc1)[C@H]1C2Cc3ccc(O)cc3[C@@]1(C)CCN2Cc1cccc(F)c1F. The largest absolute Gasteiger partial charge is 0.508 e. The van der Waals surface area contributed by atoms with Gasteiger partial charge in [0, 0.05) is 42.5 Å². The molecule has 0 radical (unpaired) electrons. The Balaban J connectivity index is 1.49. The van der Waals surface area contributed by atoms with Crippen molar-refractivity contribution in [1.29, 1.82) is 5.41 Å². The van der Waals surface area contributed by atoms with Gasteiger partial charge in [0.05, 0.1) is 6.04 Å². The van der Waals surface area contributed by atoms with Crippen LogP contribution in [0.1, 0.15) is 35.6 Å². The van der Waals surface area contributed by atoms with Gasteiger partial charge in [-0.1, -0.05) is 37.3 Å². The van der Waals surface area contributed by atoms with Gasteiger partial charge in [-0.25, -0.2) is 13.6 Å². The average Bonchev–Trinajstić information content (AvgIpc) is 2.89. The number of urea groups is 1. The van der Waals surface area contributed by atoms with E-state index in [4.69, 9.17) is 5.41 Å². The molecule has 1 aliphatic carbocycles. The topological polar surface area (TPSA) is 79.7 Å². The number of nitrogens with one attached hydrogen (secondary N) is 2.